The lowest BCUT2D eigenvalue weighted by molar-refractivity contribution is -0.132. The number of unbranched alkanes of at least 4 members (excludes halogenated alkanes) is 1. The topological polar surface area (TPSA) is 55.8 Å². The predicted molar refractivity (Wildman–Crippen MR) is 94.9 cm³/mol. The summed E-state index contributed by atoms with van der Waals surface area (Å²) in [6.07, 6.45) is 3.26. The quantitative estimate of drug-likeness (QED) is 0.419. The van der Waals surface area contributed by atoms with Crippen molar-refractivity contribution in [3.63, 3.8) is 0 Å². The minimum Gasteiger partial charge on any atom is -0.497 e. The zero-order valence-electron chi connectivity index (χ0n) is 14.7. The maximum atomic E-state index is 11.1. The highest BCUT2D eigenvalue weighted by molar-refractivity contribution is 5.87. The average Bonchev–Trinajstić information content (AvgIpc) is 2.60. The normalized spacial score (nSPS) is 11.3. The Labute approximate surface area is 144 Å². The van der Waals surface area contributed by atoms with Crippen molar-refractivity contribution in [2.24, 2.45) is 0 Å². The summed E-state index contributed by atoms with van der Waals surface area (Å²) in [6, 6.07) is 7.73. The molecule has 0 bridgehead atoms. The van der Waals surface area contributed by atoms with Crippen LogP contribution >= 0.6 is 0 Å². The number of methoxy groups -OCH3 is 1. The molecule has 4 heteroatoms. The average molecular weight is 330 g/mol. The summed E-state index contributed by atoms with van der Waals surface area (Å²) in [5, 5.41) is 9.10. The molecule has 0 amide bonds. The molecule has 0 aromatic heterocycles. The van der Waals surface area contributed by atoms with E-state index in [-0.39, 0.29) is 0 Å². The molecule has 4 nitrogen and oxygen atoms in total. The van der Waals surface area contributed by atoms with Gasteiger partial charge in [-0.05, 0) is 37.5 Å². The van der Waals surface area contributed by atoms with Gasteiger partial charge in [-0.1, -0.05) is 37.3 Å². The molecule has 0 radical (unpaired) electrons. The summed E-state index contributed by atoms with van der Waals surface area (Å²) in [6.45, 7) is 4.74. The lowest BCUT2D eigenvalue weighted by atomic mass is 10.0. The fraction of sp³-hybridized carbons (Fsp3) is 0.450. The van der Waals surface area contributed by atoms with Crippen LogP contribution in [0.3, 0.4) is 0 Å². The molecule has 1 aromatic rings. The maximum Gasteiger partial charge on any atom is 0.332 e. The fourth-order valence-electron chi connectivity index (χ4n) is 2.03. The second-order valence-electron chi connectivity index (χ2n) is 5.46. The van der Waals surface area contributed by atoms with Crippen LogP contribution in [-0.4, -0.2) is 24.8 Å². The van der Waals surface area contributed by atoms with Gasteiger partial charge in [0.05, 0.1) is 20.3 Å². The third kappa shape index (κ3) is 7.34. The van der Waals surface area contributed by atoms with E-state index in [1.165, 1.54) is 0 Å². The van der Waals surface area contributed by atoms with E-state index in [9.17, 15) is 4.79 Å². The van der Waals surface area contributed by atoms with Gasteiger partial charge in [0.2, 0.25) is 0 Å². The molecule has 0 unspecified atom stereocenters. The molecule has 0 aliphatic heterocycles. The van der Waals surface area contributed by atoms with Crippen LogP contribution < -0.4 is 4.74 Å². The zero-order valence-corrected chi connectivity index (χ0v) is 14.7. The Kier molecular flexibility index (Phi) is 9.33. The third-order valence-corrected chi connectivity index (χ3v) is 3.59. The van der Waals surface area contributed by atoms with Crippen LogP contribution in [0.25, 0.3) is 0 Å². The van der Waals surface area contributed by atoms with Gasteiger partial charge in [-0.25, -0.2) is 4.79 Å². The van der Waals surface area contributed by atoms with Crippen molar-refractivity contribution >= 4 is 5.97 Å². The number of rotatable bonds is 9. The fourth-order valence-corrected chi connectivity index (χ4v) is 2.03. The molecule has 0 saturated heterocycles. The Hall–Kier alpha value is -2.25. The first-order chi connectivity index (χ1) is 11.6. The van der Waals surface area contributed by atoms with Gasteiger partial charge < -0.3 is 14.6 Å². The number of benzene rings is 1. The highest BCUT2D eigenvalue weighted by Crippen LogP contribution is 2.13. The molecule has 0 aliphatic rings. The van der Waals surface area contributed by atoms with E-state index in [1.807, 2.05) is 24.3 Å². The van der Waals surface area contributed by atoms with Crippen molar-refractivity contribution in [1.29, 1.82) is 0 Å². The highest BCUT2D eigenvalue weighted by atomic mass is 16.5. The lowest BCUT2D eigenvalue weighted by Crippen LogP contribution is -2.00. The summed E-state index contributed by atoms with van der Waals surface area (Å²) < 4.78 is 10.7. The molecule has 0 aliphatic carbocycles. The van der Waals surface area contributed by atoms with Gasteiger partial charge in [0.1, 0.15) is 5.75 Å². The first kappa shape index (κ1) is 19.8. The minimum absolute atomic E-state index is 0.343. The van der Waals surface area contributed by atoms with E-state index in [1.54, 1.807) is 14.0 Å². The molecule has 1 N–H and O–H groups in total. The van der Waals surface area contributed by atoms with Crippen LogP contribution in [0, 0.1) is 11.8 Å². The van der Waals surface area contributed by atoms with E-state index in [4.69, 9.17) is 14.6 Å². The SMILES string of the molecule is CCCC/C(C#CCCOCc1ccc(OC)cc1)=C(/C)C(=O)O. The predicted octanol–water partition coefficient (Wildman–Crippen LogP) is 4.20. The molecule has 0 saturated carbocycles. The van der Waals surface area contributed by atoms with Gasteiger partial charge in [-0.3, -0.25) is 0 Å². The Bertz CT molecular complexity index is 603. The number of hydrogen-bond donors (Lipinski definition) is 1. The van der Waals surface area contributed by atoms with Crippen molar-refractivity contribution in [2.75, 3.05) is 13.7 Å². The number of carboxylic acid groups (broad SMARTS) is 1. The zero-order chi connectivity index (χ0) is 17.8. The third-order valence-electron chi connectivity index (χ3n) is 3.59. The number of ether oxygens (including phenoxy) is 2. The number of hydrogen-bond acceptors (Lipinski definition) is 3. The number of aliphatic carboxylic acids is 1. The van der Waals surface area contributed by atoms with Crippen molar-refractivity contribution < 1.29 is 19.4 Å². The summed E-state index contributed by atoms with van der Waals surface area (Å²) in [5.74, 6) is 5.95. The first-order valence-corrected chi connectivity index (χ1v) is 8.21. The largest absolute Gasteiger partial charge is 0.497 e. The number of carboxylic acids is 1. The molecular weight excluding hydrogens is 304 g/mol. The Morgan fingerprint density at radius 2 is 1.96 bits per heavy atom. The molecule has 130 valence electrons. The van der Waals surface area contributed by atoms with E-state index < -0.39 is 5.97 Å². The molecule has 0 fully saturated rings. The molecule has 0 spiro atoms. The van der Waals surface area contributed by atoms with Gasteiger partial charge in [-0.15, -0.1) is 0 Å². The van der Waals surface area contributed by atoms with Crippen LogP contribution in [0.4, 0.5) is 0 Å². The highest BCUT2D eigenvalue weighted by Gasteiger charge is 2.06. The van der Waals surface area contributed by atoms with E-state index >= 15 is 0 Å². The maximum absolute atomic E-state index is 11.1. The van der Waals surface area contributed by atoms with Gasteiger partial charge in [-0.2, -0.15) is 0 Å². The monoisotopic (exact) mass is 330 g/mol. The number of carbonyl (C=O) groups is 1. The molecular formula is C20H26O4. The van der Waals surface area contributed by atoms with E-state index in [2.05, 4.69) is 18.8 Å². The Morgan fingerprint density at radius 1 is 1.25 bits per heavy atom. The molecule has 0 heterocycles. The van der Waals surface area contributed by atoms with Crippen molar-refractivity contribution in [3.8, 4) is 17.6 Å². The smallest absolute Gasteiger partial charge is 0.332 e. The van der Waals surface area contributed by atoms with Crippen LogP contribution in [0.2, 0.25) is 0 Å². The summed E-state index contributed by atoms with van der Waals surface area (Å²) in [5.41, 5.74) is 2.14. The summed E-state index contributed by atoms with van der Waals surface area (Å²) in [4.78, 5) is 11.1. The second-order valence-corrected chi connectivity index (χ2v) is 5.46. The summed E-state index contributed by atoms with van der Waals surface area (Å²) >= 11 is 0. The van der Waals surface area contributed by atoms with Gasteiger partial charge in [0, 0.05) is 17.6 Å². The van der Waals surface area contributed by atoms with Crippen LogP contribution in [0.1, 0.15) is 45.1 Å². The van der Waals surface area contributed by atoms with Crippen molar-refractivity contribution in [3.05, 3.63) is 41.0 Å². The van der Waals surface area contributed by atoms with Crippen LogP contribution in [0.15, 0.2) is 35.4 Å². The number of allylic oxidation sites excluding steroid dienone is 1. The van der Waals surface area contributed by atoms with E-state index in [0.717, 1.165) is 29.7 Å². The van der Waals surface area contributed by atoms with E-state index in [0.29, 0.717) is 31.6 Å². The van der Waals surface area contributed by atoms with Crippen molar-refractivity contribution in [1.82, 2.24) is 0 Å². The molecule has 0 atom stereocenters. The Morgan fingerprint density at radius 3 is 2.54 bits per heavy atom. The van der Waals surface area contributed by atoms with Gasteiger partial charge in [0.25, 0.3) is 0 Å². The lowest BCUT2D eigenvalue weighted by Gasteiger charge is -2.04. The van der Waals surface area contributed by atoms with Gasteiger partial charge >= 0.3 is 5.97 Å². The summed E-state index contributed by atoms with van der Waals surface area (Å²) in [7, 11) is 1.64. The first-order valence-electron chi connectivity index (χ1n) is 8.21. The van der Waals surface area contributed by atoms with Crippen LogP contribution in [-0.2, 0) is 16.1 Å². The van der Waals surface area contributed by atoms with Gasteiger partial charge in [0.15, 0.2) is 0 Å². The molecule has 1 aromatic carbocycles. The van der Waals surface area contributed by atoms with Crippen LogP contribution in [0.5, 0.6) is 5.75 Å². The molecule has 1 rings (SSSR count). The minimum atomic E-state index is -0.897. The Balaban J connectivity index is 2.43. The standard InChI is InChI=1S/C20H26O4/c1-4-5-8-18(16(2)20(21)22)9-6-7-14-24-15-17-10-12-19(23-3)13-11-17/h10-13H,4-5,7-8,14-15H2,1-3H3,(H,21,22)/b18-16+. The molecule has 24 heavy (non-hydrogen) atoms. The van der Waals surface area contributed by atoms with Crippen molar-refractivity contribution in [2.45, 2.75) is 46.1 Å². The second kappa shape index (κ2) is 11.3.